The second-order valence-corrected chi connectivity index (χ2v) is 7.28. The molecule has 0 saturated heterocycles. The van der Waals surface area contributed by atoms with Crippen LogP contribution in [0.3, 0.4) is 0 Å². The van der Waals surface area contributed by atoms with Crippen molar-refractivity contribution in [2.45, 2.75) is 4.90 Å². The molecular formula is C18H18FNO7S. The Morgan fingerprint density at radius 3 is 2.14 bits per heavy atom. The molecule has 0 aliphatic heterocycles. The van der Waals surface area contributed by atoms with Crippen molar-refractivity contribution < 1.29 is 36.6 Å². The SMILES string of the molecule is COC(=O)CN(c1ccc(C(=O)OC)cc1)S(=O)(=O)c1ccc(OC)c(F)c1. The Morgan fingerprint density at radius 2 is 1.64 bits per heavy atom. The van der Waals surface area contributed by atoms with Gasteiger partial charge in [-0.25, -0.2) is 17.6 Å². The maximum atomic E-state index is 14.0. The largest absolute Gasteiger partial charge is 0.494 e. The fourth-order valence-electron chi connectivity index (χ4n) is 2.31. The number of rotatable bonds is 7. The molecule has 2 rings (SSSR count). The second kappa shape index (κ2) is 8.70. The number of hydrogen-bond acceptors (Lipinski definition) is 7. The van der Waals surface area contributed by atoms with Crippen molar-refractivity contribution in [2.75, 3.05) is 32.2 Å². The number of benzene rings is 2. The van der Waals surface area contributed by atoms with E-state index in [0.29, 0.717) is 0 Å². The first kappa shape index (κ1) is 21.2. The summed E-state index contributed by atoms with van der Waals surface area (Å²) >= 11 is 0. The van der Waals surface area contributed by atoms with Gasteiger partial charge in [0, 0.05) is 0 Å². The van der Waals surface area contributed by atoms with E-state index < -0.39 is 34.3 Å². The average molecular weight is 411 g/mol. The Hall–Kier alpha value is -3.14. The van der Waals surface area contributed by atoms with Gasteiger partial charge in [-0.1, -0.05) is 0 Å². The molecule has 0 saturated carbocycles. The lowest BCUT2D eigenvalue weighted by Crippen LogP contribution is -2.36. The molecule has 150 valence electrons. The van der Waals surface area contributed by atoms with Gasteiger partial charge < -0.3 is 14.2 Å². The predicted octanol–water partition coefficient (Wildman–Crippen LogP) is 1.99. The van der Waals surface area contributed by atoms with E-state index in [0.717, 1.165) is 23.5 Å². The number of esters is 2. The van der Waals surface area contributed by atoms with E-state index in [2.05, 4.69) is 9.47 Å². The molecule has 0 fully saturated rings. The van der Waals surface area contributed by atoms with E-state index >= 15 is 0 Å². The highest BCUT2D eigenvalue weighted by Crippen LogP contribution is 2.27. The molecular weight excluding hydrogens is 393 g/mol. The Bertz CT molecular complexity index is 974. The normalized spacial score (nSPS) is 10.9. The Labute approximate surface area is 161 Å². The topological polar surface area (TPSA) is 99.2 Å². The zero-order valence-corrected chi connectivity index (χ0v) is 16.2. The minimum atomic E-state index is -4.32. The molecule has 2 aromatic carbocycles. The van der Waals surface area contributed by atoms with Crippen molar-refractivity contribution in [1.29, 1.82) is 0 Å². The summed E-state index contributed by atoms with van der Waals surface area (Å²) in [4.78, 5) is 22.9. The molecule has 2 aromatic rings. The van der Waals surface area contributed by atoms with E-state index in [1.165, 1.54) is 44.6 Å². The van der Waals surface area contributed by atoms with Crippen molar-refractivity contribution in [3.05, 3.63) is 53.8 Å². The first-order valence-corrected chi connectivity index (χ1v) is 9.30. The number of anilines is 1. The standard InChI is InChI=1S/C18H18FNO7S/c1-25-16-9-8-14(10-15(16)19)28(23,24)20(11-17(21)26-2)13-6-4-12(5-7-13)18(22)27-3/h4-10H,11H2,1-3H3. The molecule has 8 nitrogen and oxygen atoms in total. The van der Waals surface area contributed by atoms with Gasteiger partial charge in [-0.15, -0.1) is 0 Å². The van der Waals surface area contributed by atoms with Crippen molar-refractivity contribution in [3.63, 3.8) is 0 Å². The van der Waals surface area contributed by atoms with Gasteiger partial charge in [-0.05, 0) is 42.5 Å². The zero-order chi connectivity index (χ0) is 20.9. The summed E-state index contributed by atoms with van der Waals surface area (Å²) < 4.78 is 54.8. The number of carbonyl (C=O) groups is 2. The number of carbonyl (C=O) groups excluding carboxylic acids is 2. The number of ether oxygens (including phenoxy) is 3. The molecule has 0 aliphatic carbocycles. The minimum Gasteiger partial charge on any atom is -0.494 e. The highest BCUT2D eigenvalue weighted by Gasteiger charge is 2.28. The van der Waals surface area contributed by atoms with Gasteiger partial charge in [0.2, 0.25) is 0 Å². The van der Waals surface area contributed by atoms with Crippen LogP contribution in [0.1, 0.15) is 10.4 Å². The molecule has 0 spiro atoms. The van der Waals surface area contributed by atoms with Crippen LogP contribution in [0.5, 0.6) is 5.75 Å². The summed E-state index contributed by atoms with van der Waals surface area (Å²) in [5, 5.41) is 0. The lowest BCUT2D eigenvalue weighted by molar-refractivity contribution is -0.138. The number of halogens is 1. The van der Waals surface area contributed by atoms with Crippen LogP contribution in [-0.4, -0.2) is 48.2 Å². The van der Waals surface area contributed by atoms with E-state index in [9.17, 15) is 22.4 Å². The van der Waals surface area contributed by atoms with Crippen LogP contribution in [0.25, 0.3) is 0 Å². The van der Waals surface area contributed by atoms with Gasteiger partial charge in [0.15, 0.2) is 11.6 Å². The van der Waals surface area contributed by atoms with E-state index in [1.807, 2.05) is 0 Å². The lowest BCUT2D eigenvalue weighted by Gasteiger charge is -2.23. The van der Waals surface area contributed by atoms with Gasteiger partial charge in [-0.2, -0.15) is 0 Å². The van der Waals surface area contributed by atoms with Crippen LogP contribution >= 0.6 is 0 Å². The molecule has 0 amide bonds. The molecule has 0 aliphatic rings. The van der Waals surface area contributed by atoms with Crippen molar-refractivity contribution >= 4 is 27.6 Å². The van der Waals surface area contributed by atoms with Crippen LogP contribution in [0, 0.1) is 5.82 Å². The third-order valence-corrected chi connectivity index (χ3v) is 5.56. The van der Waals surface area contributed by atoms with E-state index in [-0.39, 0.29) is 21.9 Å². The molecule has 0 N–H and O–H groups in total. The van der Waals surface area contributed by atoms with Gasteiger partial charge in [-0.3, -0.25) is 9.10 Å². The predicted molar refractivity (Wildman–Crippen MR) is 97.3 cm³/mol. The van der Waals surface area contributed by atoms with Crippen LogP contribution < -0.4 is 9.04 Å². The fourth-order valence-corrected chi connectivity index (χ4v) is 3.73. The minimum absolute atomic E-state index is 0.0780. The Kier molecular flexibility index (Phi) is 6.57. The summed E-state index contributed by atoms with van der Waals surface area (Å²) in [6.45, 7) is -0.649. The maximum Gasteiger partial charge on any atom is 0.337 e. The summed E-state index contributed by atoms with van der Waals surface area (Å²) in [6.07, 6.45) is 0. The van der Waals surface area contributed by atoms with Gasteiger partial charge in [0.1, 0.15) is 6.54 Å². The maximum absolute atomic E-state index is 14.0. The first-order valence-electron chi connectivity index (χ1n) is 7.86. The van der Waals surface area contributed by atoms with E-state index in [4.69, 9.17) is 4.74 Å². The smallest absolute Gasteiger partial charge is 0.337 e. The first-order chi connectivity index (χ1) is 13.2. The molecule has 0 unspecified atom stereocenters. The third-order valence-electron chi connectivity index (χ3n) is 3.79. The lowest BCUT2D eigenvalue weighted by atomic mass is 10.2. The van der Waals surface area contributed by atoms with Gasteiger partial charge in [0.25, 0.3) is 10.0 Å². The average Bonchev–Trinajstić information content (AvgIpc) is 2.71. The molecule has 10 heteroatoms. The van der Waals surface area contributed by atoms with Crippen LogP contribution in [0.2, 0.25) is 0 Å². The van der Waals surface area contributed by atoms with Crippen molar-refractivity contribution in [3.8, 4) is 5.75 Å². The molecule has 0 bridgehead atoms. The highest BCUT2D eigenvalue weighted by molar-refractivity contribution is 7.92. The van der Waals surface area contributed by atoms with Crippen LogP contribution in [0.15, 0.2) is 47.4 Å². The summed E-state index contributed by atoms with van der Waals surface area (Å²) in [7, 11) is -0.753. The molecule has 0 atom stereocenters. The molecule has 0 heterocycles. The van der Waals surface area contributed by atoms with Gasteiger partial charge >= 0.3 is 11.9 Å². The van der Waals surface area contributed by atoms with Crippen LogP contribution in [-0.2, 0) is 24.3 Å². The summed E-state index contributed by atoms with van der Waals surface area (Å²) in [5.41, 5.74) is 0.270. The fraction of sp³-hybridized carbons (Fsp3) is 0.222. The number of nitrogens with zero attached hydrogens (tertiary/aromatic N) is 1. The number of methoxy groups -OCH3 is 3. The van der Waals surface area contributed by atoms with Crippen LogP contribution in [0.4, 0.5) is 10.1 Å². The van der Waals surface area contributed by atoms with Gasteiger partial charge in [0.05, 0.1) is 37.5 Å². The quantitative estimate of drug-likeness (QED) is 0.643. The molecule has 0 radical (unpaired) electrons. The Morgan fingerprint density at radius 1 is 1.00 bits per heavy atom. The summed E-state index contributed by atoms with van der Waals surface area (Å²) in [5.74, 6) is -2.43. The second-order valence-electron chi connectivity index (χ2n) is 5.42. The summed E-state index contributed by atoms with van der Waals surface area (Å²) in [6, 6.07) is 8.45. The van der Waals surface area contributed by atoms with E-state index in [1.54, 1.807) is 0 Å². The number of hydrogen-bond donors (Lipinski definition) is 0. The van der Waals surface area contributed by atoms with Crippen molar-refractivity contribution in [2.24, 2.45) is 0 Å². The third kappa shape index (κ3) is 4.39. The molecule has 0 aromatic heterocycles. The highest BCUT2D eigenvalue weighted by atomic mass is 32.2. The van der Waals surface area contributed by atoms with Crippen molar-refractivity contribution in [1.82, 2.24) is 0 Å². The Balaban J connectivity index is 2.51. The number of sulfonamides is 1. The zero-order valence-electron chi connectivity index (χ0n) is 15.3. The molecule has 28 heavy (non-hydrogen) atoms. The monoisotopic (exact) mass is 411 g/mol.